The maximum Gasteiger partial charge on any atom is 0.306 e. The molecule has 102 valence electrons. The van der Waals surface area contributed by atoms with E-state index >= 15 is 0 Å². The zero-order valence-electron chi connectivity index (χ0n) is 11.1. The quantitative estimate of drug-likeness (QED) is 0.706. The van der Waals surface area contributed by atoms with Crippen LogP contribution in [-0.2, 0) is 18.4 Å². The molecule has 0 aromatic carbocycles. The number of nitrogens with one attached hydrogen (secondary N) is 1. The second-order valence-electron chi connectivity index (χ2n) is 4.65. The maximum atomic E-state index is 10.6. The first-order chi connectivity index (χ1) is 8.49. The lowest BCUT2D eigenvalue weighted by atomic mass is 10.0. The third-order valence-electron chi connectivity index (χ3n) is 2.85. The van der Waals surface area contributed by atoms with E-state index in [9.17, 15) is 4.79 Å². The number of carboxylic acid groups (broad SMARTS) is 1. The monoisotopic (exact) mass is 255 g/mol. The van der Waals surface area contributed by atoms with Crippen molar-refractivity contribution in [3.63, 3.8) is 0 Å². The Morgan fingerprint density at radius 1 is 1.44 bits per heavy atom. The minimum Gasteiger partial charge on any atom is -0.481 e. The average molecular weight is 255 g/mol. The third kappa shape index (κ3) is 5.22. The summed E-state index contributed by atoms with van der Waals surface area (Å²) in [5.41, 5.74) is 0. The first-order valence-electron chi connectivity index (χ1n) is 6.18. The smallest absolute Gasteiger partial charge is 0.306 e. The van der Waals surface area contributed by atoms with E-state index in [1.165, 1.54) is 4.80 Å². The molecule has 1 aromatic heterocycles. The molecule has 7 heteroatoms. The largest absolute Gasteiger partial charge is 0.481 e. The summed E-state index contributed by atoms with van der Waals surface area (Å²) in [6.45, 7) is 4.40. The van der Waals surface area contributed by atoms with Crippen LogP contribution in [0, 0.1) is 5.92 Å². The Morgan fingerprint density at radius 2 is 2.17 bits per heavy atom. The van der Waals surface area contributed by atoms with Gasteiger partial charge in [0.2, 0.25) is 0 Å². The van der Waals surface area contributed by atoms with Gasteiger partial charge in [-0.25, -0.2) is 0 Å². The van der Waals surface area contributed by atoms with Gasteiger partial charge in [-0.1, -0.05) is 13.3 Å². The van der Waals surface area contributed by atoms with Crippen molar-refractivity contribution in [2.45, 2.75) is 45.7 Å². The summed E-state index contributed by atoms with van der Waals surface area (Å²) >= 11 is 0. The minimum atomic E-state index is -0.723. The average Bonchev–Trinajstić information content (AvgIpc) is 2.72. The molecule has 0 amide bonds. The molecular formula is C11H21N5O2. The lowest BCUT2D eigenvalue weighted by Crippen LogP contribution is -2.26. The topological polar surface area (TPSA) is 92.9 Å². The van der Waals surface area contributed by atoms with Crippen molar-refractivity contribution in [1.82, 2.24) is 25.5 Å². The molecule has 0 saturated heterocycles. The second-order valence-corrected chi connectivity index (χ2v) is 4.65. The Hall–Kier alpha value is -1.50. The Balaban J connectivity index is 2.14. The summed E-state index contributed by atoms with van der Waals surface area (Å²) in [6.07, 6.45) is 2.55. The molecule has 0 aliphatic rings. The van der Waals surface area contributed by atoms with E-state index in [4.69, 9.17) is 5.11 Å². The van der Waals surface area contributed by atoms with Gasteiger partial charge in [-0.05, 0) is 25.0 Å². The highest BCUT2D eigenvalue weighted by molar-refractivity contribution is 5.69. The van der Waals surface area contributed by atoms with E-state index in [-0.39, 0.29) is 5.92 Å². The van der Waals surface area contributed by atoms with Gasteiger partial charge in [0.25, 0.3) is 0 Å². The third-order valence-corrected chi connectivity index (χ3v) is 2.85. The Bertz CT molecular complexity index is 379. The van der Waals surface area contributed by atoms with Crippen LogP contribution in [0.25, 0.3) is 0 Å². The van der Waals surface area contributed by atoms with Gasteiger partial charge < -0.3 is 10.4 Å². The number of carbonyl (C=O) groups is 1. The van der Waals surface area contributed by atoms with Crippen molar-refractivity contribution < 1.29 is 9.90 Å². The van der Waals surface area contributed by atoms with E-state index in [0.29, 0.717) is 24.8 Å². The molecule has 2 N–H and O–H groups in total. The lowest BCUT2D eigenvalue weighted by molar-refractivity contribution is -0.141. The van der Waals surface area contributed by atoms with Crippen LogP contribution in [0.5, 0.6) is 0 Å². The number of carboxylic acids is 1. The highest BCUT2D eigenvalue weighted by atomic mass is 16.4. The molecular weight excluding hydrogens is 234 g/mol. The normalized spacial score (nSPS) is 14.4. The summed E-state index contributed by atoms with van der Waals surface area (Å²) in [5.74, 6) is -0.318. The zero-order valence-corrected chi connectivity index (χ0v) is 11.1. The molecule has 0 fully saturated rings. The van der Waals surface area contributed by atoms with Gasteiger partial charge in [-0.3, -0.25) is 4.79 Å². The number of aliphatic carboxylic acids is 1. The van der Waals surface area contributed by atoms with Gasteiger partial charge in [-0.15, -0.1) is 10.2 Å². The van der Waals surface area contributed by atoms with Gasteiger partial charge >= 0.3 is 5.97 Å². The molecule has 1 aromatic rings. The van der Waals surface area contributed by atoms with Crippen LogP contribution in [-0.4, -0.2) is 37.3 Å². The zero-order chi connectivity index (χ0) is 13.5. The van der Waals surface area contributed by atoms with Crippen LogP contribution in [0.3, 0.4) is 0 Å². The second kappa shape index (κ2) is 7.05. The molecule has 1 heterocycles. The predicted molar refractivity (Wildman–Crippen MR) is 65.8 cm³/mol. The first kappa shape index (κ1) is 14.6. The van der Waals surface area contributed by atoms with Gasteiger partial charge in [0.1, 0.15) is 0 Å². The maximum absolute atomic E-state index is 10.6. The van der Waals surface area contributed by atoms with Crippen LogP contribution in [0.4, 0.5) is 0 Å². The predicted octanol–water partition coefficient (Wildman–Crippen LogP) is 0.579. The fourth-order valence-corrected chi connectivity index (χ4v) is 1.62. The standard InChI is InChI=1S/C11H21N5O2/c1-8(11(17)18)5-4-6-9(2)12-7-10-13-15-16(3)14-10/h8-9,12H,4-7H2,1-3H3,(H,17,18). The molecule has 0 saturated carbocycles. The molecule has 0 radical (unpaired) electrons. The van der Waals surface area contributed by atoms with Crippen molar-refractivity contribution in [3.8, 4) is 0 Å². The summed E-state index contributed by atoms with van der Waals surface area (Å²) in [7, 11) is 1.73. The van der Waals surface area contributed by atoms with Crippen molar-refractivity contribution in [2.75, 3.05) is 0 Å². The number of hydrogen-bond donors (Lipinski definition) is 2. The highest BCUT2D eigenvalue weighted by Gasteiger charge is 2.11. The lowest BCUT2D eigenvalue weighted by Gasteiger charge is -2.13. The van der Waals surface area contributed by atoms with Crippen molar-refractivity contribution in [1.29, 1.82) is 0 Å². The van der Waals surface area contributed by atoms with E-state index in [1.807, 2.05) is 0 Å². The van der Waals surface area contributed by atoms with Gasteiger partial charge in [0.05, 0.1) is 19.5 Å². The van der Waals surface area contributed by atoms with E-state index in [1.54, 1.807) is 14.0 Å². The molecule has 1 rings (SSSR count). The highest BCUT2D eigenvalue weighted by Crippen LogP contribution is 2.09. The van der Waals surface area contributed by atoms with Gasteiger partial charge in [0.15, 0.2) is 5.82 Å². The molecule has 0 aliphatic heterocycles. The molecule has 2 atom stereocenters. The summed E-state index contributed by atoms with van der Waals surface area (Å²) in [4.78, 5) is 12.1. The van der Waals surface area contributed by atoms with Crippen LogP contribution < -0.4 is 5.32 Å². The number of nitrogens with zero attached hydrogens (tertiary/aromatic N) is 4. The number of rotatable bonds is 8. The van der Waals surface area contributed by atoms with Gasteiger partial charge in [-0.2, -0.15) is 4.80 Å². The molecule has 0 spiro atoms. The molecule has 18 heavy (non-hydrogen) atoms. The number of tetrazole rings is 1. The van der Waals surface area contributed by atoms with Crippen LogP contribution in [0.1, 0.15) is 38.9 Å². The summed E-state index contributed by atoms with van der Waals surface area (Å²) in [6, 6.07) is 0.315. The summed E-state index contributed by atoms with van der Waals surface area (Å²) in [5, 5.41) is 23.7. The molecule has 7 nitrogen and oxygen atoms in total. The van der Waals surface area contributed by atoms with Crippen LogP contribution in [0.2, 0.25) is 0 Å². The van der Waals surface area contributed by atoms with Gasteiger partial charge in [0, 0.05) is 6.04 Å². The first-order valence-corrected chi connectivity index (χ1v) is 6.18. The van der Waals surface area contributed by atoms with E-state index < -0.39 is 5.97 Å². The van der Waals surface area contributed by atoms with Crippen molar-refractivity contribution >= 4 is 5.97 Å². The molecule has 0 bridgehead atoms. The Morgan fingerprint density at radius 3 is 2.72 bits per heavy atom. The SMILES string of the molecule is CC(CCCC(C)C(=O)O)NCc1nnn(C)n1. The number of aromatic nitrogens is 4. The number of aryl methyl sites for hydroxylation is 1. The minimum absolute atomic E-state index is 0.265. The summed E-state index contributed by atoms with van der Waals surface area (Å²) < 4.78 is 0. The molecule has 2 unspecified atom stereocenters. The van der Waals surface area contributed by atoms with E-state index in [0.717, 1.165) is 12.8 Å². The Kier molecular flexibility index (Phi) is 5.70. The number of hydrogen-bond acceptors (Lipinski definition) is 5. The Labute approximate surface area is 107 Å². The van der Waals surface area contributed by atoms with Crippen LogP contribution >= 0.6 is 0 Å². The fourth-order valence-electron chi connectivity index (χ4n) is 1.62. The van der Waals surface area contributed by atoms with Crippen molar-refractivity contribution in [2.24, 2.45) is 13.0 Å². The fraction of sp³-hybridized carbons (Fsp3) is 0.818. The van der Waals surface area contributed by atoms with Crippen molar-refractivity contribution in [3.05, 3.63) is 5.82 Å². The van der Waals surface area contributed by atoms with E-state index in [2.05, 4.69) is 27.7 Å². The molecule has 0 aliphatic carbocycles. The van der Waals surface area contributed by atoms with Crippen LogP contribution in [0.15, 0.2) is 0 Å².